The number of nitrogens with one attached hydrogen (secondary N) is 3. The Morgan fingerprint density at radius 1 is 1.29 bits per heavy atom. The summed E-state index contributed by atoms with van der Waals surface area (Å²) in [6.45, 7) is 4.95. The zero-order valence-corrected chi connectivity index (χ0v) is 13.7. The number of anilines is 1. The molecule has 0 bridgehead atoms. The summed E-state index contributed by atoms with van der Waals surface area (Å²) >= 11 is 0. The molecule has 2 heterocycles. The van der Waals surface area contributed by atoms with E-state index in [0.717, 1.165) is 0 Å². The minimum Gasteiger partial charge on any atom is -0.379 e. The Kier molecular flexibility index (Phi) is 6.44. The van der Waals surface area contributed by atoms with E-state index in [2.05, 4.69) is 25.8 Å². The second-order valence-corrected chi connectivity index (χ2v) is 5.35. The lowest BCUT2D eigenvalue weighted by atomic mass is 10.3. The van der Waals surface area contributed by atoms with Gasteiger partial charge in [0.2, 0.25) is 0 Å². The van der Waals surface area contributed by atoms with Crippen LogP contribution in [0.4, 0.5) is 5.69 Å². The van der Waals surface area contributed by atoms with Gasteiger partial charge in [-0.05, 0) is 32.4 Å². The van der Waals surface area contributed by atoms with Crippen LogP contribution >= 0.6 is 0 Å². The maximum atomic E-state index is 12.1. The van der Waals surface area contributed by atoms with Crippen LogP contribution in [0.15, 0.2) is 30.6 Å². The molecule has 0 aliphatic rings. The number of hydrogen-bond acceptors (Lipinski definition) is 5. The van der Waals surface area contributed by atoms with Crippen molar-refractivity contribution in [2.45, 2.75) is 26.4 Å². The highest BCUT2D eigenvalue weighted by Gasteiger charge is 2.17. The standard InChI is InChI=1S/C16H21N5O3/c1-11(2)24-9-5-8-18-16(23)14-13(10-19-21-14)20-15(22)12-6-3-4-7-17-12/h3-4,6-7,10-11H,5,8-9H2,1-2H3,(H,18,23)(H,19,21)(H,20,22). The number of pyridine rings is 1. The number of carbonyl (C=O) groups is 2. The Morgan fingerprint density at radius 3 is 2.83 bits per heavy atom. The summed E-state index contributed by atoms with van der Waals surface area (Å²) in [5.74, 6) is -0.770. The van der Waals surface area contributed by atoms with E-state index >= 15 is 0 Å². The lowest BCUT2D eigenvalue weighted by Crippen LogP contribution is -2.27. The molecule has 0 unspecified atom stereocenters. The number of ether oxygens (including phenoxy) is 1. The molecule has 0 aromatic carbocycles. The predicted molar refractivity (Wildman–Crippen MR) is 88.8 cm³/mol. The van der Waals surface area contributed by atoms with Gasteiger partial charge in [0.15, 0.2) is 5.69 Å². The largest absolute Gasteiger partial charge is 0.379 e. The quantitative estimate of drug-likeness (QED) is 0.637. The second-order valence-electron chi connectivity index (χ2n) is 5.35. The van der Waals surface area contributed by atoms with Crippen LogP contribution < -0.4 is 10.6 Å². The molecule has 3 N–H and O–H groups in total. The predicted octanol–water partition coefficient (Wildman–Crippen LogP) is 1.60. The molecule has 2 aromatic rings. The zero-order chi connectivity index (χ0) is 17.4. The Labute approximate surface area is 140 Å². The first-order valence-electron chi connectivity index (χ1n) is 7.74. The lowest BCUT2D eigenvalue weighted by Gasteiger charge is -2.08. The van der Waals surface area contributed by atoms with Gasteiger partial charge >= 0.3 is 0 Å². The third-order valence-electron chi connectivity index (χ3n) is 3.06. The Morgan fingerprint density at radius 2 is 2.12 bits per heavy atom. The molecule has 8 nitrogen and oxygen atoms in total. The molecule has 0 spiro atoms. The second kappa shape index (κ2) is 8.78. The number of amides is 2. The zero-order valence-electron chi connectivity index (χ0n) is 13.7. The summed E-state index contributed by atoms with van der Waals surface area (Å²) in [6, 6.07) is 5.02. The fourth-order valence-electron chi connectivity index (χ4n) is 1.92. The van der Waals surface area contributed by atoms with Crippen molar-refractivity contribution in [1.29, 1.82) is 0 Å². The molecule has 128 valence electrons. The van der Waals surface area contributed by atoms with Gasteiger partial charge in [0, 0.05) is 25.5 Å². The van der Waals surface area contributed by atoms with Crippen LogP contribution in [0.1, 0.15) is 41.2 Å². The monoisotopic (exact) mass is 331 g/mol. The molecule has 2 rings (SSSR count). The van der Waals surface area contributed by atoms with Gasteiger partial charge in [-0.25, -0.2) is 0 Å². The van der Waals surface area contributed by atoms with E-state index in [0.29, 0.717) is 25.3 Å². The SMILES string of the molecule is CC(C)OCCCNC(=O)c1n[nH]cc1NC(=O)c1ccccn1. The van der Waals surface area contributed by atoms with Crippen LogP contribution in [0.3, 0.4) is 0 Å². The van der Waals surface area contributed by atoms with Gasteiger partial charge in [-0.3, -0.25) is 19.7 Å². The van der Waals surface area contributed by atoms with E-state index < -0.39 is 5.91 Å². The van der Waals surface area contributed by atoms with Gasteiger partial charge < -0.3 is 15.4 Å². The summed E-state index contributed by atoms with van der Waals surface area (Å²) in [7, 11) is 0. The minimum absolute atomic E-state index is 0.129. The molecule has 2 aromatic heterocycles. The van der Waals surface area contributed by atoms with Crippen LogP contribution in [0.2, 0.25) is 0 Å². The lowest BCUT2D eigenvalue weighted by molar-refractivity contribution is 0.0756. The van der Waals surface area contributed by atoms with Gasteiger partial charge in [-0.1, -0.05) is 6.07 Å². The van der Waals surface area contributed by atoms with E-state index in [9.17, 15) is 9.59 Å². The molecule has 0 atom stereocenters. The fourth-order valence-corrected chi connectivity index (χ4v) is 1.92. The van der Waals surface area contributed by atoms with Crippen molar-refractivity contribution in [1.82, 2.24) is 20.5 Å². The molecule has 0 radical (unpaired) electrons. The number of aromatic nitrogens is 3. The van der Waals surface area contributed by atoms with Crippen molar-refractivity contribution >= 4 is 17.5 Å². The van der Waals surface area contributed by atoms with Crippen molar-refractivity contribution in [2.75, 3.05) is 18.5 Å². The number of aromatic amines is 1. The summed E-state index contributed by atoms with van der Waals surface area (Å²) in [4.78, 5) is 28.2. The van der Waals surface area contributed by atoms with Gasteiger partial charge in [-0.15, -0.1) is 0 Å². The summed E-state index contributed by atoms with van der Waals surface area (Å²) in [6.07, 6.45) is 3.85. The Hall–Kier alpha value is -2.74. The van der Waals surface area contributed by atoms with Crippen molar-refractivity contribution in [2.24, 2.45) is 0 Å². The van der Waals surface area contributed by atoms with E-state index in [1.54, 1.807) is 18.2 Å². The Balaban J connectivity index is 1.87. The van der Waals surface area contributed by atoms with Gasteiger partial charge in [0.1, 0.15) is 5.69 Å². The normalized spacial score (nSPS) is 10.6. The first kappa shape index (κ1) is 17.6. The molecule has 8 heteroatoms. The van der Waals surface area contributed by atoms with E-state index in [1.807, 2.05) is 13.8 Å². The molecule has 2 amide bonds. The van der Waals surface area contributed by atoms with E-state index in [-0.39, 0.29) is 23.4 Å². The highest BCUT2D eigenvalue weighted by Crippen LogP contribution is 2.12. The first-order valence-corrected chi connectivity index (χ1v) is 7.74. The van der Waals surface area contributed by atoms with Crippen LogP contribution in [-0.2, 0) is 4.74 Å². The van der Waals surface area contributed by atoms with Gasteiger partial charge in [0.25, 0.3) is 11.8 Å². The van der Waals surface area contributed by atoms with Crippen LogP contribution in [0.25, 0.3) is 0 Å². The molecule has 0 aliphatic carbocycles. The van der Waals surface area contributed by atoms with Crippen molar-refractivity contribution in [3.05, 3.63) is 42.0 Å². The van der Waals surface area contributed by atoms with E-state index in [1.165, 1.54) is 12.4 Å². The number of nitrogens with zero attached hydrogens (tertiary/aromatic N) is 2. The Bertz CT molecular complexity index is 669. The van der Waals surface area contributed by atoms with Crippen molar-refractivity contribution < 1.29 is 14.3 Å². The van der Waals surface area contributed by atoms with Crippen molar-refractivity contribution in [3.8, 4) is 0 Å². The molecule has 0 saturated carbocycles. The molecule has 24 heavy (non-hydrogen) atoms. The van der Waals surface area contributed by atoms with E-state index in [4.69, 9.17) is 4.74 Å². The number of hydrogen-bond donors (Lipinski definition) is 3. The fraction of sp³-hybridized carbons (Fsp3) is 0.375. The number of H-pyrrole nitrogens is 1. The topological polar surface area (TPSA) is 109 Å². The third kappa shape index (κ3) is 5.17. The molecular formula is C16H21N5O3. The summed E-state index contributed by atoms with van der Waals surface area (Å²) < 4.78 is 5.40. The first-order chi connectivity index (χ1) is 11.6. The average molecular weight is 331 g/mol. The summed E-state index contributed by atoms with van der Waals surface area (Å²) in [5.41, 5.74) is 0.696. The number of carbonyl (C=O) groups excluding carboxylic acids is 2. The maximum Gasteiger partial charge on any atom is 0.274 e. The minimum atomic E-state index is -0.406. The van der Waals surface area contributed by atoms with Crippen LogP contribution in [0, 0.1) is 0 Å². The smallest absolute Gasteiger partial charge is 0.274 e. The highest BCUT2D eigenvalue weighted by molar-refractivity contribution is 6.07. The average Bonchev–Trinajstić information content (AvgIpc) is 3.03. The van der Waals surface area contributed by atoms with Crippen LogP contribution in [0.5, 0.6) is 0 Å². The third-order valence-corrected chi connectivity index (χ3v) is 3.06. The van der Waals surface area contributed by atoms with Crippen LogP contribution in [-0.4, -0.2) is 46.3 Å². The highest BCUT2D eigenvalue weighted by atomic mass is 16.5. The number of rotatable bonds is 8. The molecule has 0 aliphatic heterocycles. The van der Waals surface area contributed by atoms with Gasteiger partial charge in [-0.2, -0.15) is 5.10 Å². The molecule has 0 fully saturated rings. The van der Waals surface area contributed by atoms with Crippen molar-refractivity contribution in [3.63, 3.8) is 0 Å². The maximum absolute atomic E-state index is 12.1. The molecular weight excluding hydrogens is 310 g/mol. The molecule has 0 saturated heterocycles. The summed E-state index contributed by atoms with van der Waals surface area (Å²) in [5, 5.41) is 11.8. The van der Waals surface area contributed by atoms with Gasteiger partial charge in [0.05, 0.1) is 11.8 Å².